The molecule has 2 rings (SSSR count). The zero-order valence-corrected chi connectivity index (χ0v) is 12.4. The number of rotatable bonds is 3. The Bertz CT molecular complexity index is 353. The zero-order chi connectivity index (χ0) is 12.4. The number of halogens is 1. The summed E-state index contributed by atoms with van der Waals surface area (Å²) in [5.41, 5.74) is 1.36. The molecule has 17 heavy (non-hydrogen) atoms. The van der Waals surface area contributed by atoms with Crippen LogP contribution in [0.2, 0.25) is 0 Å². The van der Waals surface area contributed by atoms with E-state index in [4.69, 9.17) is 0 Å². The van der Waals surface area contributed by atoms with Gasteiger partial charge in [-0.1, -0.05) is 28.1 Å². The van der Waals surface area contributed by atoms with Gasteiger partial charge in [-0.05, 0) is 45.0 Å². The van der Waals surface area contributed by atoms with Crippen LogP contribution in [0.1, 0.15) is 31.9 Å². The molecule has 1 fully saturated rings. The molecule has 2 unspecified atom stereocenters. The van der Waals surface area contributed by atoms with Crippen molar-refractivity contribution in [2.24, 2.45) is 0 Å². The van der Waals surface area contributed by atoms with Crippen LogP contribution in [0.3, 0.4) is 0 Å². The fourth-order valence-electron chi connectivity index (χ4n) is 2.52. The maximum Gasteiger partial charge on any atom is 0.0294 e. The number of likely N-dealkylation sites (N-methyl/N-ethyl adjacent to an activating group) is 1. The van der Waals surface area contributed by atoms with Crippen LogP contribution in [-0.4, -0.2) is 30.6 Å². The van der Waals surface area contributed by atoms with Gasteiger partial charge in [0.2, 0.25) is 0 Å². The fraction of sp³-hybridized carbons (Fsp3) is 0.571. The molecule has 1 saturated heterocycles. The molecule has 3 heteroatoms. The Morgan fingerprint density at radius 2 is 2.00 bits per heavy atom. The first-order valence-electron chi connectivity index (χ1n) is 6.28. The maximum atomic E-state index is 3.72. The van der Waals surface area contributed by atoms with Crippen molar-refractivity contribution in [1.82, 2.24) is 10.2 Å². The third-order valence-corrected chi connectivity index (χ3v) is 4.27. The second-order valence-electron chi connectivity index (χ2n) is 5.16. The van der Waals surface area contributed by atoms with Crippen molar-refractivity contribution in [3.8, 4) is 0 Å². The summed E-state index contributed by atoms with van der Waals surface area (Å²) < 4.78 is 1.14. The predicted octanol–water partition coefficient (Wildman–Crippen LogP) is 3.19. The van der Waals surface area contributed by atoms with Gasteiger partial charge >= 0.3 is 0 Å². The van der Waals surface area contributed by atoms with Gasteiger partial charge in [0.05, 0.1) is 0 Å². The number of nitrogens with one attached hydrogen (secondary N) is 1. The molecule has 3 atom stereocenters. The SMILES string of the molecule is CC1CC(N[C@@H](C)c2ccc(Br)cc2)CN1C. The highest BCUT2D eigenvalue weighted by atomic mass is 79.9. The van der Waals surface area contributed by atoms with Crippen molar-refractivity contribution in [3.63, 3.8) is 0 Å². The smallest absolute Gasteiger partial charge is 0.0294 e. The molecule has 2 nitrogen and oxygen atoms in total. The van der Waals surface area contributed by atoms with Gasteiger partial charge in [0.15, 0.2) is 0 Å². The van der Waals surface area contributed by atoms with Crippen LogP contribution >= 0.6 is 15.9 Å². The maximum absolute atomic E-state index is 3.72. The van der Waals surface area contributed by atoms with Gasteiger partial charge in [-0.25, -0.2) is 0 Å². The quantitative estimate of drug-likeness (QED) is 0.921. The van der Waals surface area contributed by atoms with Crippen LogP contribution in [0, 0.1) is 0 Å². The average Bonchev–Trinajstić information content (AvgIpc) is 2.58. The van der Waals surface area contributed by atoms with E-state index in [1.165, 1.54) is 12.0 Å². The highest BCUT2D eigenvalue weighted by Gasteiger charge is 2.26. The largest absolute Gasteiger partial charge is 0.306 e. The molecular formula is C14H21BrN2. The molecule has 0 saturated carbocycles. The summed E-state index contributed by atoms with van der Waals surface area (Å²) in [6.45, 7) is 5.69. The number of benzene rings is 1. The van der Waals surface area contributed by atoms with Crippen molar-refractivity contribution < 1.29 is 0 Å². The minimum Gasteiger partial charge on any atom is -0.306 e. The molecule has 1 aromatic carbocycles. The second-order valence-corrected chi connectivity index (χ2v) is 6.08. The summed E-state index contributed by atoms with van der Waals surface area (Å²) in [6, 6.07) is 10.3. The Kier molecular flexibility index (Phi) is 4.23. The lowest BCUT2D eigenvalue weighted by molar-refractivity contribution is 0.325. The van der Waals surface area contributed by atoms with E-state index >= 15 is 0 Å². The summed E-state index contributed by atoms with van der Waals surface area (Å²) >= 11 is 3.47. The normalized spacial score (nSPS) is 27.3. The predicted molar refractivity (Wildman–Crippen MR) is 76.2 cm³/mol. The molecule has 1 aromatic rings. The van der Waals surface area contributed by atoms with Crippen LogP contribution in [0.15, 0.2) is 28.7 Å². The molecule has 1 heterocycles. The molecule has 0 radical (unpaired) electrons. The van der Waals surface area contributed by atoms with Gasteiger partial charge in [0, 0.05) is 29.1 Å². The Labute approximate surface area is 113 Å². The third-order valence-electron chi connectivity index (χ3n) is 3.74. The highest BCUT2D eigenvalue weighted by molar-refractivity contribution is 9.10. The molecule has 1 aliphatic heterocycles. The van der Waals surface area contributed by atoms with Crippen molar-refractivity contribution in [2.75, 3.05) is 13.6 Å². The van der Waals surface area contributed by atoms with E-state index in [0.29, 0.717) is 18.1 Å². The standard InChI is InChI=1S/C14H21BrN2/c1-10-8-14(9-17(10)3)16-11(2)12-4-6-13(15)7-5-12/h4-7,10-11,14,16H,8-9H2,1-3H3/t10?,11-,14?/m0/s1. The average molecular weight is 297 g/mol. The first-order chi connectivity index (χ1) is 8.06. The van der Waals surface area contributed by atoms with Crippen molar-refractivity contribution >= 4 is 15.9 Å². The summed E-state index contributed by atoms with van der Waals surface area (Å²) in [5.74, 6) is 0. The summed E-state index contributed by atoms with van der Waals surface area (Å²) in [7, 11) is 2.21. The number of nitrogens with zero attached hydrogens (tertiary/aromatic N) is 1. The fourth-order valence-corrected chi connectivity index (χ4v) is 2.78. The Balaban J connectivity index is 1.93. The van der Waals surface area contributed by atoms with Gasteiger partial charge < -0.3 is 10.2 Å². The zero-order valence-electron chi connectivity index (χ0n) is 10.8. The first-order valence-corrected chi connectivity index (χ1v) is 7.07. The van der Waals surface area contributed by atoms with E-state index in [2.05, 4.69) is 71.3 Å². The van der Waals surface area contributed by atoms with Crippen LogP contribution in [0.5, 0.6) is 0 Å². The summed E-state index contributed by atoms with van der Waals surface area (Å²) in [5, 5.41) is 3.72. The topological polar surface area (TPSA) is 15.3 Å². The van der Waals surface area contributed by atoms with Crippen LogP contribution in [0.4, 0.5) is 0 Å². The second kappa shape index (κ2) is 5.51. The van der Waals surface area contributed by atoms with Gasteiger partial charge in [0.25, 0.3) is 0 Å². The molecule has 0 spiro atoms. The molecule has 0 amide bonds. The molecule has 1 aliphatic rings. The van der Waals surface area contributed by atoms with Crippen molar-refractivity contribution in [2.45, 2.75) is 38.4 Å². The van der Waals surface area contributed by atoms with Gasteiger partial charge in [-0.15, -0.1) is 0 Å². The molecular weight excluding hydrogens is 276 g/mol. The van der Waals surface area contributed by atoms with E-state index in [0.717, 1.165) is 11.0 Å². The molecule has 94 valence electrons. The van der Waals surface area contributed by atoms with Gasteiger partial charge in [0.1, 0.15) is 0 Å². The lowest BCUT2D eigenvalue weighted by Crippen LogP contribution is -2.33. The molecule has 1 N–H and O–H groups in total. The van der Waals surface area contributed by atoms with Crippen LogP contribution in [-0.2, 0) is 0 Å². The van der Waals surface area contributed by atoms with E-state index in [-0.39, 0.29) is 0 Å². The van der Waals surface area contributed by atoms with Gasteiger partial charge in [-0.2, -0.15) is 0 Å². The van der Waals surface area contributed by atoms with E-state index in [1.807, 2.05) is 0 Å². The lowest BCUT2D eigenvalue weighted by Gasteiger charge is -2.19. The Morgan fingerprint density at radius 1 is 1.35 bits per heavy atom. The van der Waals surface area contributed by atoms with Crippen molar-refractivity contribution in [3.05, 3.63) is 34.3 Å². The van der Waals surface area contributed by atoms with E-state index in [9.17, 15) is 0 Å². The Morgan fingerprint density at radius 3 is 2.53 bits per heavy atom. The molecule has 0 aromatic heterocycles. The molecule has 0 aliphatic carbocycles. The summed E-state index contributed by atoms with van der Waals surface area (Å²) in [4.78, 5) is 2.42. The van der Waals surface area contributed by atoms with Gasteiger partial charge in [-0.3, -0.25) is 0 Å². The first kappa shape index (κ1) is 13.1. The number of hydrogen-bond donors (Lipinski definition) is 1. The third kappa shape index (κ3) is 3.30. The lowest BCUT2D eigenvalue weighted by atomic mass is 10.1. The van der Waals surface area contributed by atoms with E-state index < -0.39 is 0 Å². The highest BCUT2D eigenvalue weighted by Crippen LogP contribution is 2.21. The van der Waals surface area contributed by atoms with E-state index in [1.54, 1.807) is 0 Å². The van der Waals surface area contributed by atoms with Crippen LogP contribution < -0.4 is 5.32 Å². The minimum atomic E-state index is 0.423. The number of likely N-dealkylation sites (tertiary alicyclic amines) is 1. The minimum absolute atomic E-state index is 0.423. The molecule has 0 bridgehead atoms. The summed E-state index contributed by atoms with van der Waals surface area (Å²) in [6.07, 6.45) is 1.25. The number of hydrogen-bond acceptors (Lipinski definition) is 2. The monoisotopic (exact) mass is 296 g/mol. The van der Waals surface area contributed by atoms with Crippen LogP contribution in [0.25, 0.3) is 0 Å². The van der Waals surface area contributed by atoms with Crippen molar-refractivity contribution in [1.29, 1.82) is 0 Å². The Hall–Kier alpha value is -0.380.